The quantitative estimate of drug-likeness (QED) is 0.232. The summed E-state index contributed by atoms with van der Waals surface area (Å²) in [5, 5.41) is 7.91. The van der Waals surface area contributed by atoms with Crippen LogP contribution < -0.4 is 16.0 Å². The highest BCUT2D eigenvalue weighted by molar-refractivity contribution is 6.01. The number of halogens is 8. The molecule has 2 saturated carbocycles. The number of likely N-dealkylation sites (tertiary alicyclic amines) is 1. The molecule has 3 N–H and O–H groups in total. The van der Waals surface area contributed by atoms with Gasteiger partial charge in [-0.05, 0) is 100 Å². The first-order chi connectivity index (χ1) is 49.7. The first-order valence-corrected chi connectivity index (χ1v) is 36.3. The predicted octanol–water partition coefficient (Wildman–Crippen LogP) is 5.16. The van der Waals surface area contributed by atoms with E-state index in [1.54, 1.807) is 45.0 Å². The van der Waals surface area contributed by atoms with E-state index in [9.17, 15) is 64.7 Å². The van der Waals surface area contributed by atoms with Gasteiger partial charge < -0.3 is 64.8 Å². The minimum Gasteiger partial charge on any atom is -0.377 e. The fraction of sp³-hybridized carbons (Fsp3) is 0.671. The number of hydrogen-bond donors (Lipinski definition) is 3. The van der Waals surface area contributed by atoms with Crippen LogP contribution in [0.15, 0.2) is 36.4 Å². The molecule has 0 radical (unpaired) electrons. The maximum absolute atomic E-state index is 15.8. The minimum atomic E-state index is -5.44. The molecule has 3 aliphatic heterocycles. The van der Waals surface area contributed by atoms with Crippen molar-refractivity contribution in [3.63, 3.8) is 0 Å². The van der Waals surface area contributed by atoms with Gasteiger partial charge in [0.2, 0.25) is 70.9 Å². The highest BCUT2D eigenvalue weighted by atomic mass is 19.4. The van der Waals surface area contributed by atoms with Crippen molar-refractivity contribution in [2.75, 3.05) is 95.2 Å². The predicted molar refractivity (Wildman–Crippen MR) is 370 cm³/mol. The number of hydrogen-bond acceptors (Lipinski definition) is 13. The van der Waals surface area contributed by atoms with Crippen LogP contribution in [-0.2, 0) is 81.3 Å². The van der Waals surface area contributed by atoms with E-state index in [1.165, 1.54) is 59.0 Å². The number of alkyl halides is 6. The first-order valence-electron chi connectivity index (χ1n) is 36.3. The Morgan fingerprint density at radius 2 is 1.23 bits per heavy atom. The summed E-state index contributed by atoms with van der Waals surface area (Å²) < 4.78 is 122. The number of rotatable bonds is 12. The Balaban J connectivity index is 1.33. The zero-order chi connectivity index (χ0) is 78.6. The van der Waals surface area contributed by atoms with Crippen LogP contribution in [0.1, 0.15) is 146 Å². The molecule has 5 fully saturated rings. The van der Waals surface area contributed by atoms with Crippen LogP contribution in [0.3, 0.4) is 0 Å². The molecule has 2 aromatic rings. The number of fused-ring (bicyclic) bond motifs is 1. The Labute approximate surface area is 613 Å². The number of ether oxygens (including phenoxy) is 1. The van der Waals surface area contributed by atoms with E-state index in [0.29, 0.717) is 74.0 Å². The Hall–Kier alpha value is -8.52. The summed E-state index contributed by atoms with van der Waals surface area (Å²) in [6.07, 6.45) is -11.2. The lowest BCUT2D eigenvalue weighted by molar-refractivity contribution is -0.163. The number of amides is 12. The molecule has 0 aromatic heterocycles. The van der Waals surface area contributed by atoms with Crippen molar-refractivity contribution in [3.05, 3.63) is 70.3 Å². The van der Waals surface area contributed by atoms with E-state index in [-0.39, 0.29) is 63.9 Å². The van der Waals surface area contributed by atoms with Crippen molar-refractivity contribution in [2.24, 2.45) is 11.8 Å². The lowest BCUT2D eigenvalue weighted by Gasteiger charge is -2.43. The van der Waals surface area contributed by atoms with Gasteiger partial charge in [0.25, 0.3) is 0 Å². The van der Waals surface area contributed by atoms with Crippen LogP contribution in [0.25, 0.3) is 0 Å². The third kappa shape index (κ3) is 21.0. The first kappa shape index (κ1) is 84.7. The molecule has 5 aliphatic rings. The lowest BCUT2D eigenvalue weighted by Crippen LogP contribution is -2.65. The van der Waals surface area contributed by atoms with Crippen LogP contribution >= 0.6 is 0 Å². The Morgan fingerprint density at radius 1 is 0.642 bits per heavy atom. The van der Waals surface area contributed by atoms with Gasteiger partial charge in [-0.3, -0.25) is 57.5 Å². The summed E-state index contributed by atoms with van der Waals surface area (Å²) in [5.74, 6) is -16.7. The smallest absolute Gasteiger partial charge is 0.377 e. The van der Waals surface area contributed by atoms with Crippen LogP contribution in [0, 0.1) is 30.4 Å². The molecular formula is C73H102F8N12O13. The fourth-order valence-corrected chi connectivity index (χ4v) is 15.0. The third-order valence-corrected chi connectivity index (χ3v) is 21.6. The molecular weight excluding hydrogens is 1400 g/mol. The number of aryl methyl sites for hydroxylation is 2. The van der Waals surface area contributed by atoms with Gasteiger partial charge in [0.1, 0.15) is 65.0 Å². The van der Waals surface area contributed by atoms with Crippen LogP contribution in [0.4, 0.5) is 35.1 Å². The van der Waals surface area contributed by atoms with Crippen LogP contribution in [0.5, 0.6) is 0 Å². The molecule has 12 amide bonds. The van der Waals surface area contributed by atoms with Crippen molar-refractivity contribution in [3.8, 4) is 0 Å². The maximum Gasteiger partial charge on any atom is 0.422 e. The van der Waals surface area contributed by atoms with E-state index in [1.807, 2.05) is 0 Å². The molecule has 588 valence electrons. The normalized spacial score (nSPS) is 25.7. The molecule has 7 rings (SSSR count). The summed E-state index contributed by atoms with van der Waals surface area (Å²) in [7, 11) is 8.37. The van der Waals surface area contributed by atoms with Crippen molar-refractivity contribution in [2.45, 2.75) is 210 Å². The molecule has 0 unspecified atom stereocenters. The van der Waals surface area contributed by atoms with Gasteiger partial charge in [-0.25, -0.2) is 8.78 Å². The minimum absolute atomic E-state index is 0.00312. The SMILES string of the molecule is CCO[C@@H]1C[C@H]2C(=O)NC3(CCCC3)C(=O)N(C)[C@@H](C3CCCCC3)C(=O)N(C)[C@H](C(=O)N3CCCC3)CC(=O)N(C)[C@@H](CC(F)(F)F)C(=O)N[C@@H]([C@@H](C)CC)C(=O)N(C)CC(=O)N(C)CC(=O)N(C)[C@@H](Cc3ccc(C)cc3)C(=O)N(C)CC(=O)N[C@@H](CCc3cc(F)c(C(F)(F)F)c(F)c3)C(=O)N2C1. The van der Waals surface area contributed by atoms with Gasteiger partial charge in [0.15, 0.2) is 0 Å². The van der Waals surface area contributed by atoms with E-state index < -0.39 is 212 Å². The van der Waals surface area contributed by atoms with Crippen molar-refractivity contribution >= 4 is 70.9 Å². The molecule has 2 aliphatic carbocycles. The molecule has 106 heavy (non-hydrogen) atoms. The summed E-state index contributed by atoms with van der Waals surface area (Å²) >= 11 is 0. The van der Waals surface area contributed by atoms with Gasteiger partial charge in [0.05, 0.1) is 38.6 Å². The summed E-state index contributed by atoms with van der Waals surface area (Å²) in [5.41, 5.74) is -2.97. The average molecular weight is 1510 g/mol. The second kappa shape index (κ2) is 36.4. The van der Waals surface area contributed by atoms with E-state index in [4.69, 9.17) is 4.74 Å². The average Bonchev–Trinajstić information content (AvgIpc) is 1.66. The second-order valence-corrected chi connectivity index (χ2v) is 29.2. The van der Waals surface area contributed by atoms with Crippen LogP contribution in [-0.4, -0.2) is 270 Å². The van der Waals surface area contributed by atoms with Gasteiger partial charge in [-0.15, -0.1) is 0 Å². The molecule has 9 atom stereocenters. The molecule has 3 saturated heterocycles. The monoisotopic (exact) mass is 1510 g/mol. The largest absolute Gasteiger partial charge is 0.422 e. The van der Waals surface area contributed by atoms with Crippen molar-refractivity contribution in [1.29, 1.82) is 0 Å². The second-order valence-electron chi connectivity index (χ2n) is 29.2. The highest BCUT2D eigenvalue weighted by Gasteiger charge is 2.53. The molecule has 0 bridgehead atoms. The van der Waals surface area contributed by atoms with E-state index in [2.05, 4.69) is 16.0 Å². The number of carbonyl (C=O) groups is 12. The van der Waals surface area contributed by atoms with Gasteiger partial charge in [-0.2, -0.15) is 26.3 Å². The summed E-state index contributed by atoms with van der Waals surface area (Å²) in [6.45, 7) is 4.36. The van der Waals surface area contributed by atoms with Crippen molar-refractivity contribution in [1.82, 2.24) is 60.0 Å². The van der Waals surface area contributed by atoms with Gasteiger partial charge in [0, 0.05) is 88.4 Å². The van der Waals surface area contributed by atoms with Crippen LogP contribution in [0.2, 0.25) is 0 Å². The number of nitrogens with one attached hydrogen (secondary N) is 3. The third-order valence-electron chi connectivity index (χ3n) is 21.6. The molecule has 33 heteroatoms. The Bertz CT molecular complexity index is 3510. The van der Waals surface area contributed by atoms with Gasteiger partial charge in [-0.1, -0.05) is 82.2 Å². The number of carbonyl (C=O) groups excluding carboxylic acids is 12. The number of likely N-dealkylation sites (N-methyl/N-ethyl adjacent to an activating group) is 7. The molecule has 2 aromatic carbocycles. The summed E-state index contributed by atoms with van der Waals surface area (Å²) in [6, 6.07) is -4.14. The zero-order valence-electron chi connectivity index (χ0n) is 62.3. The standard InChI is InChI=1S/C73H102F8N12O13/c1-12-44(4)61-68(103)87(7)41-58(96)85(5)42-59(97)88(8)53(35-45-25-23-43(3)24-26-45)66(101)86(6)40-56(94)82-51(28-27-46-33-49(74)60(50(75)34-46)73(79,80)81)65(100)93-39-48(106-13-2)36-52(93)64(99)84-71(29-17-18-30-71)70(105)91(11)62(47-21-15-14-16-22-47)69(104)90(10)54(67(102)92-31-19-20-32-92)37-57(95)89(9)55(63(98)83-61)38-72(76,77)78/h23-26,33-34,44,47-48,51-55,61-62H,12-22,27-32,35-42H2,1-11H3,(H,82,94)(H,83,98)(H,84,99)/t44-,48+,51-,52-,53-,54-,55-,61-,62-/m0/s1. The van der Waals surface area contributed by atoms with E-state index in [0.717, 1.165) is 48.4 Å². The van der Waals surface area contributed by atoms with Crippen molar-refractivity contribution < 1.29 is 97.4 Å². The Kier molecular flexibility index (Phi) is 29.1. The van der Waals surface area contributed by atoms with Gasteiger partial charge >= 0.3 is 12.4 Å². The number of nitrogens with zero attached hydrogens (tertiary/aromatic N) is 9. The molecule has 3 heterocycles. The maximum atomic E-state index is 15.8. The zero-order valence-corrected chi connectivity index (χ0v) is 62.3. The van der Waals surface area contributed by atoms with E-state index >= 15 is 28.0 Å². The Morgan fingerprint density at radius 3 is 1.80 bits per heavy atom. The molecule has 1 spiro atoms. The topological polar surface area (TPSA) is 279 Å². The summed E-state index contributed by atoms with van der Waals surface area (Å²) in [4.78, 5) is 188. The lowest BCUT2D eigenvalue weighted by atomic mass is 9.81. The highest BCUT2D eigenvalue weighted by Crippen LogP contribution is 2.38. The number of benzene rings is 2. The fourth-order valence-electron chi connectivity index (χ4n) is 15.0. The molecule has 25 nitrogen and oxygen atoms in total.